The van der Waals surface area contributed by atoms with Crippen molar-refractivity contribution in [3.05, 3.63) is 64.1 Å². The molecule has 0 heterocycles. The minimum Gasteiger partial charge on any atom is -0.268 e. The van der Waals surface area contributed by atoms with E-state index in [-0.39, 0.29) is 21.3 Å². The van der Waals surface area contributed by atoms with Gasteiger partial charge in [-0.2, -0.15) is 8.42 Å². The van der Waals surface area contributed by atoms with Crippen molar-refractivity contribution in [1.29, 1.82) is 0 Å². The summed E-state index contributed by atoms with van der Waals surface area (Å²) >= 11 is 11.5. The van der Waals surface area contributed by atoms with Crippen molar-refractivity contribution in [2.75, 3.05) is 4.72 Å². The quantitative estimate of drug-likeness (QED) is 0.894. The average Bonchev–Trinajstić information content (AvgIpc) is 2.37. The number of hydrogen-bond donors (Lipinski definition) is 2. The van der Waals surface area contributed by atoms with Gasteiger partial charge >= 0.3 is 10.2 Å². The molecule has 8 heteroatoms. The van der Waals surface area contributed by atoms with Gasteiger partial charge in [0.1, 0.15) is 0 Å². The molecule has 0 unspecified atom stereocenters. The van der Waals surface area contributed by atoms with Crippen molar-refractivity contribution in [2.24, 2.45) is 0 Å². The van der Waals surface area contributed by atoms with Crippen LogP contribution in [0.1, 0.15) is 10.4 Å². The van der Waals surface area contributed by atoms with Crippen LogP contribution >= 0.6 is 23.2 Å². The summed E-state index contributed by atoms with van der Waals surface area (Å²) in [6.45, 7) is 0. The number of halogens is 2. The van der Waals surface area contributed by atoms with Gasteiger partial charge in [-0.15, -0.1) is 0 Å². The number of nitrogens with one attached hydrogen (secondary N) is 2. The van der Waals surface area contributed by atoms with Crippen LogP contribution in [0.4, 0.5) is 5.69 Å². The first-order chi connectivity index (χ1) is 9.85. The fourth-order valence-electron chi connectivity index (χ4n) is 1.56. The van der Waals surface area contributed by atoms with Crippen molar-refractivity contribution in [3.8, 4) is 0 Å². The molecule has 0 aliphatic rings. The van der Waals surface area contributed by atoms with Crippen LogP contribution in [-0.2, 0) is 10.2 Å². The molecule has 0 spiro atoms. The summed E-state index contributed by atoms with van der Waals surface area (Å²) in [5.74, 6) is -0.740. The van der Waals surface area contributed by atoms with Crippen LogP contribution in [0.3, 0.4) is 0 Å². The number of hydrogen-bond acceptors (Lipinski definition) is 3. The van der Waals surface area contributed by atoms with Crippen LogP contribution in [0, 0.1) is 0 Å². The smallest absolute Gasteiger partial charge is 0.268 e. The van der Waals surface area contributed by atoms with Crippen molar-refractivity contribution >= 4 is 45.0 Å². The molecule has 2 N–H and O–H groups in total. The fraction of sp³-hybridized carbons (Fsp3) is 0. The molecule has 5 nitrogen and oxygen atoms in total. The Morgan fingerprint density at radius 3 is 2.10 bits per heavy atom. The summed E-state index contributed by atoms with van der Waals surface area (Å²) in [5, 5.41) is 0.546. The summed E-state index contributed by atoms with van der Waals surface area (Å²) < 4.78 is 27.8. The molecule has 0 aromatic heterocycles. The predicted octanol–water partition coefficient (Wildman–Crippen LogP) is 3.08. The van der Waals surface area contributed by atoms with Crippen LogP contribution in [0.2, 0.25) is 10.0 Å². The Morgan fingerprint density at radius 2 is 1.52 bits per heavy atom. The first kappa shape index (κ1) is 15.6. The molecule has 0 saturated carbocycles. The number of carbonyl (C=O) groups excluding carboxylic acids is 1. The van der Waals surface area contributed by atoms with Gasteiger partial charge in [0.05, 0.1) is 5.69 Å². The SMILES string of the molecule is O=C(NS(=O)(=O)Nc1cc(Cl)cc(Cl)c1)c1ccccc1. The van der Waals surface area contributed by atoms with Crippen molar-refractivity contribution in [3.63, 3.8) is 0 Å². The third kappa shape index (κ3) is 4.63. The second-order valence-corrected chi connectivity index (χ2v) is 6.35. The van der Waals surface area contributed by atoms with E-state index in [2.05, 4.69) is 4.72 Å². The number of rotatable bonds is 4. The van der Waals surface area contributed by atoms with E-state index in [1.54, 1.807) is 18.2 Å². The van der Waals surface area contributed by atoms with Crippen LogP contribution in [-0.4, -0.2) is 14.3 Å². The Hall–Kier alpha value is -1.76. The zero-order valence-corrected chi connectivity index (χ0v) is 12.8. The number of carbonyl (C=O) groups is 1. The summed E-state index contributed by atoms with van der Waals surface area (Å²) in [7, 11) is -4.08. The monoisotopic (exact) mass is 344 g/mol. The van der Waals surface area contributed by atoms with E-state index in [0.29, 0.717) is 0 Å². The highest BCUT2D eigenvalue weighted by atomic mass is 35.5. The molecule has 0 aliphatic carbocycles. The summed E-state index contributed by atoms with van der Waals surface area (Å²) in [5.41, 5.74) is 0.382. The maximum Gasteiger partial charge on any atom is 0.323 e. The van der Waals surface area contributed by atoms with Gasteiger partial charge in [0, 0.05) is 15.6 Å². The van der Waals surface area contributed by atoms with Gasteiger partial charge in [-0.1, -0.05) is 41.4 Å². The predicted molar refractivity (Wildman–Crippen MR) is 82.9 cm³/mol. The minimum atomic E-state index is -4.08. The molecular weight excluding hydrogens is 335 g/mol. The van der Waals surface area contributed by atoms with Gasteiger partial charge < -0.3 is 0 Å². The number of anilines is 1. The lowest BCUT2D eigenvalue weighted by Gasteiger charge is -2.10. The van der Waals surface area contributed by atoms with Crippen LogP contribution < -0.4 is 9.44 Å². The summed E-state index contributed by atoms with van der Waals surface area (Å²) in [6, 6.07) is 12.2. The van der Waals surface area contributed by atoms with Crippen LogP contribution in [0.15, 0.2) is 48.5 Å². The molecule has 21 heavy (non-hydrogen) atoms. The Kier molecular flexibility index (Phi) is 4.72. The first-order valence-electron chi connectivity index (χ1n) is 5.72. The molecule has 2 rings (SSSR count). The highest BCUT2D eigenvalue weighted by Gasteiger charge is 2.16. The van der Waals surface area contributed by atoms with Crippen molar-refractivity contribution in [2.45, 2.75) is 0 Å². The normalized spacial score (nSPS) is 11.0. The highest BCUT2D eigenvalue weighted by Crippen LogP contribution is 2.22. The highest BCUT2D eigenvalue weighted by molar-refractivity contribution is 7.91. The molecule has 0 saturated heterocycles. The maximum absolute atomic E-state index is 11.9. The fourth-order valence-corrected chi connectivity index (χ4v) is 2.93. The largest absolute Gasteiger partial charge is 0.323 e. The molecule has 1 amide bonds. The second-order valence-electron chi connectivity index (χ2n) is 4.06. The second kappa shape index (κ2) is 6.34. The lowest BCUT2D eigenvalue weighted by molar-refractivity contribution is 0.0981. The minimum absolute atomic E-state index is 0.154. The van der Waals surface area contributed by atoms with Gasteiger partial charge in [0.15, 0.2) is 0 Å². The molecule has 0 atom stereocenters. The number of amides is 1. The zero-order valence-electron chi connectivity index (χ0n) is 10.5. The molecule has 110 valence electrons. The van der Waals surface area contributed by atoms with E-state index >= 15 is 0 Å². The van der Waals surface area contributed by atoms with Gasteiger partial charge in [0.2, 0.25) is 0 Å². The molecule has 2 aromatic rings. The van der Waals surface area contributed by atoms with Crippen molar-refractivity contribution in [1.82, 2.24) is 4.72 Å². The molecular formula is C13H10Cl2N2O3S. The molecule has 0 aliphatic heterocycles. The Labute approximate surface area is 132 Å². The van der Waals surface area contributed by atoms with Gasteiger partial charge in [-0.25, -0.2) is 4.72 Å². The lowest BCUT2D eigenvalue weighted by Crippen LogP contribution is -2.35. The van der Waals surface area contributed by atoms with E-state index in [4.69, 9.17) is 23.2 Å². The standard InChI is InChI=1S/C13H10Cl2N2O3S/c14-10-6-11(15)8-12(7-10)16-21(19,20)17-13(18)9-4-2-1-3-5-9/h1-8,16H,(H,17,18). The van der Waals surface area contributed by atoms with Crippen molar-refractivity contribution < 1.29 is 13.2 Å². The molecule has 2 aromatic carbocycles. The van der Waals surface area contributed by atoms with E-state index < -0.39 is 16.1 Å². The van der Waals surface area contributed by atoms with E-state index in [0.717, 1.165) is 0 Å². The lowest BCUT2D eigenvalue weighted by atomic mass is 10.2. The van der Waals surface area contributed by atoms with Crippen LogP contribution in [0.5, 0.6) is 0 Å². The molecule has 0 fully saturated rings. The van der Waals surface area contributed by atoms with Gasteiger partial charge in [0.25, 0.3) is 5.91 Å². The Balaban J connectivity index is 2.14. The van der Waals surface area contributed by atoms with E-state index in [9.17, 15) is 13.2 Å². The maximum atomic E-state index is 11.9. The Morgan fingerprint density at radius 1 is 0.952 bits per heavy atom. The molecule has 0 radical (unpaired) electrons. The van der Waals surface area contributed by atoms with Gasteiger partial charge in [-0.3, -0.25) is 9.52 Å². The Bertz CT molecular complexity index is 744. The molecule has 0 bridgehead atoms. The third-order valence-electron chi connectivity index (χ3n) is 2.38. The van der Waals surface area contributed by atoms with Gasteiger partial charge in [-0.05, 0) is 30.3 Å². The van der Waals surface area contributed by atoms with E-state index in [1.165, 1.54) is 30.3 Å². The third-order valence-corrected chi connectivity index (χ3v) is 3.77. The average molecular weight is 345 g/mol. The topological polar surface area (TPSA) is 75.3 Å². The first-order valence-corrected chi connectivity index (χ1v) is 7.96. The number of benzene rings is 2. The summed E-state index contributed by atoms with van der Waals surface area (Å²) in [6.07, 6.45) is 0. The zero-order chi connectivity index (χ0) is 15.5. The van der Waals surface area contributed by atoms with E-state index in [1.807, 2.05) is 4.72 Å². The summed E-state index contributed by atoms with van der Waals surface area (Å²) in [4.78, 5) is 11.8. The van der Waals surface area contributed by atoms with Crippen LogP contribution in [0.25, 0.3) is 0 Å².